The predicted molar refractivity (Wildman–Crippen MR) is 375 cm³/mol. The molecule has 0 amide bonds. The Bertz CT molecular complexity index is 1780. The van der Waals surface area contributed by atoms with Gasteiger partial charge in [0.15, 0.2) is 0 Å². The minimum Gasteiger partial charge on any atom is -0.492 e. The number of hydrogen-bond donors (Lipinski definition) is 0. The van der Waals surface area contributed by atoms with Gasteiger partial charge in [-0.05, 0) is 83.0 Å². The Labute approximate surface area is 516 Å². The molecule has 9 heteroatoms. The SMILES string of the molecule is C#C[Si](C)(C)C.CC.CCCCCCCCCCOc1cc(C#C[Si](C)(C)C)c(OCCCCCCCCCC)cc1C#C[Si](C)(C)C.CCCCCCCCCCOc1cc(I)c(OCCCCCCCCCC)cc1I. The minimum atomic E-state index is -1.53. The van der Waals surface area contributed by atoms with Crippen LogP contribution < -0.4 is 18.9 Å². The summed E-state index contributed by atoms with van der Waals surface area (Å²) in [5.74, 6) is 10.7. The van der Waals surface area contributed by atoms with Crippen LogP contribution in [0, 0.1) is 42.0 Å². The summed E-state index contributed by atoms with van der Waals surface area (Å²) in [6, 6.07) is 8.48. The lowest BCUT2D eigenvalue weighted by atomic mass is 10.1. The van der Waals surface area contributed by atoms with E-state index in [0.717, 1.165) is 93.4 Å². The molecule has 0 saturated heterocycles. The van der Waals surface area contributed by atoms with Crippen molar-refractivity contribution in [3.05, 3.63) is 42.5 Å². The molecule has 0 bridgehead atoms. The molecule has 0 atom stereocenters. The van der Waals surface area contributed by atoms with E-state index in [9.17, 15) is 0 Å². The van der Waals surface area contributed by atoms with E-state index in [1.165, 1.54) is 180 Å². The first-order chi connectivity index (χ1) is 37.3. The number of benzene rings is 2. The molecule has 0 unspecified atom stereocenters. The van der Waals surface area contributed by atoms with Crippen LogP contribution in [0.15, 0.2) is 24.3 Å². The number of terminal acetylenes is 1. The van der Waals surface area contributed by atoms with Crippen molar-refractivity contribution in [2.45, 2.75) is 306 Å². The minimum absolute atomic E-state index is 0.732. The van der Waals surface area contributed by atoms with E-state index in [2.05, 4.69) is 185 Å². The lowest BCUT2D eigenvalue weighted by Gasteiger charge is -2.15. The van der Waals surface area contributed by atoms with Gasteiger partial charge in [-0.2, -0.15) is 0 Å². The average Bonchev–Trinajstić information content (AvgIpc) is 3.39. The number of hydrogen-bond acceptors (Lipinski definition) is 4. The Kier molecular flexibility index (Phi) is 52.6. The third-order valence-electron chi connectivity index (χ3n) is 12.7. The van der Waals surface area contributed by atoms with Crippen molar-refractivity contribution < 1.29 is 18.9 Å². The standard InChI is InChI=1S/C36H62O2Si2.C26H44I2O2.C5H10Si.C2H6/c1-9-11-13-15-17-19-21-23-27-37-35-31-34(26-30-40(6,7)8)36(32-33(35)25-29-39(3,4)5)38-28-24-22-20-18-16-14-12-10-2;1-3-5-7-9-11-13-15-17-19-29-25-21-24(28)26(22-23(25)27)30-20-18-16-14-12-10-8-6-4-2;1-5-6(2,3)4;1-2/h31-32H,9-24,27-28H2,1-8H3;21-22H,3-20H2,1-2H3;1H,2-4H3;1-2H3. The summed E-state index contributed by atoms with van der Waals surface area (Å²) in [6.07, 6.45) is 47.2. The highest BCUT2D eigenvalue weighted by atomic mass is 127. The first kappa shape index (κ1) is 78.5. The lowest BCUT2D eigenvalue weighted by molar-refractivity contribution is 0.293. The second kappa shape index (κ2) is 52.2. The fraction of sp³-hybridized carbons (Fsp3) is 0.739. The number of rotatable bonds is 40. The Morgan fingerprint density at radius 1 is 0.333 bits per heavy atom. The third-order valence-corrected chi connectivity index (χ3v) is 17.0. The molecule has 0 fully saturated rings. The van der Waals surface area contributed by atoms with E-state index >= 15 is 0 Å². The van der Waals surface area contributed by atoms with Crippen LogP contribution in [-0.2, 0) is 0 Å². The summed E-state index contributed by atoms with van der Waals surface area (Å²) in [4.78, 5) is 0. The quantitative estimate of drug-likeness (QED) is 0.0288. The van der Waals surface area contributed by atoms with Crippen LogP contribution in [0.2, 0.25) is 58.9 Å². The molecule has 2 rings (SSSR count). The molecule has 0 N–H and O–H groups in total. The van der Waals surface area contributed by atoms with Crippen LogP contribution in [0.1, 0.15) is 258 Å². The molecule has 0 spiro atoms. The number of ether oxygens (including phenoxy) is 4. The summed E-state index contributed by atoms with van der Waals surface area (Å²) in [6.45, 7) is 36.4. The van der Waals surface area contributed by atoms with Crippen molar-refractivity contribution in [2.75, 3.05) is 26.4 Å². The smallest absolute Gasteiger partial charge is 0.136 e. The van der Waals surface area contributed by atoms with Gasteiger partial charge in [-0.25, -0.2) is 0 Å². The summed E-state index contributed by atoms with van der Waals surface area (Å²) in [7, 11) is -4.16. The van der Waals surface area contributed by atoms with Crippen molar-refractivity contribution >= 4 is 69.4 Å². The van der Waals surface area contributed by atoms with Crippen molar-refractivity contribution in [1.82, 2.24) is 0 Å². The maximum Gasteiger partial charge on any atom is 0.136 e. The van der Waals surface area contributed by atoms with Gasteiger partial charge in [0.25, 0.3) is 0 Å². The molecule has 4 nitrogen and oxygen atoms in total. The second-order valence-corrected chi connectivity index (χ2v) is 40.9. The van der Waals surface area contributed by atoms with Gasteiger partial charge in [0.2, 0.25) is 0 Å². The van der Waals surface area contributed by atoms with Gasteiger partial charge in [0, 0.05) is 12.1 Å². The van der Waals surface area contributed by atoms with Gasteiger partial charge in [0.1, 0.15) is 47.2 Å². The van der Waals surface area contributed by atoms with Crippen LogP contribution in [0.3, 0.4) is 0 Å². The summed E-state index contributed by atoms with van der Waals surface area (Å²) in [5.41, 5.74) is 11.7. The van der Waals surface area contributed by atoms with E-state index in [1.54, 1.807) is 0 Å². The van der Waals surface area contributed by atoms with Crippen LogP contribution in [0.5, 0.6) is 23.0 Å². The van der Waals surface area contributed by atoms with Crippen molar-refractivity contribution in [1.29, 1.82) is 0 Å². The van der Waals surface area contributed by atoms with Gasteiger partial charge >= 0.3 is 0 Å². The van der Waals surface area contributed by atoms with Crippen molar-refractivity contribution in [3.63, 3.8) is 0 Å². The molecule has 0 aromatic heterocycles. The molecule has 78 heavy (non-hydrogen) atoms. The Morgan fingerprint density at radius 3 is 0.744 bits per heavy atom. The molecule has 0 heterocycles. The molecular formula is C69H122I2O4Si3. The molecule has 2 aromatic carbocycles. The molecule has 0 radical (unpaired) electrons. The van der Waals surface area contributed by atoms with E-state index in [1.807, 2.05) is 13.8 Å². The van der Waals surface area contributed by atoms with Gasteiger partial charge in [-0.3, -0.25) is 0 Å². The summed E-state index contributed by atoms with van der Waals surface area (Å²) in [5, 5.41) is 0. The average molecular weight is 1350 g/mol. The van der Waals surface area contributed by atoms with Gasteiger partial charge in [-0.15, -0.1) is 23.1 Å². The Hall–Kier alpha value is -1.57. The highest BCUT2D eigenvalue weighted by molar-refractivity contribution is 14.1. The van der Waals surface area contributed by atoms with E-state index in [-0.39, 0.29) is 0 Å². The van der Waals surface area contributed by atoms with E-state index < -0.39 is 24.2 Å². The summed E-state index contributed by atoms with van der Waals surface area (Å²) >= 11 is 4.74. The zero-order chi connectivity index (χ0) is 58.8. The second-order valence-electron chi connectivity index (χ2n) is 24.2. The number of halogens is 2. The van der Waals surface area contributed by atoms with Gasteiger partial charge < -0.3 is 18.9 Å². The Balaban J connectivity index is 0. The third kappa shape index (κ3) is 50.2. The first-order valence-electron chi connectivity index (χ1n) is 32.0. The largest absolute Gasteiger partial charge is 0.492 e. The molecule has 0 aliphatic heterocycles. The zero-order valence-electron chi connectivity index (χ0n) is 53.7. The van der Waals surface area contributed by atoms with E-state index in [0.29, 0.717) is 0 Å². The van der Waals surface area contributed by atoms with Crippen LogP contribution in [-0.4, -0.2) is 50.6 Å². The monoisotopic (exact) mass is 1350 g/mol. The molecule has 2 aromatic rings. The summed E-state index contributed by atoms with van der Waals surface area (Å²) < 4.78 is 27.1. The van der Waals surface area contributed by atoms with Gasteiger partial charge in [-0.1, -0.05) is 292 Å². The molecular weight excluding hydrogens is 1230 g/mol. The van der Waals surface area contributed by atoms with Crippen molar-refractivity contribution in [3.8, 4) is 57.9 Å². The Morgan fingerprint density at radius 2 is 0.538 bits per heavy atom. The van der Waals surface area contributed by atoms with Crippen molar-refractivity contribution in [2.24, 2.45) is 0 Å². The van der Waals surface area contributed by atoms with Crippen LogP contribution >= 0.6 is 45.2 Å². The highest BCUT2D eigenvalue weighted by Gasteiger charge is 2.15. The first-order valence-corrected chi connectivity index (χ1v) is 44.7. The number of unbranched alkanes of at least 4 members (excludes halogenated alkanes) is 28. The topological polar surface area (TPSA) is 36.9 Å². The fourth-order valence-corrected chi connectivity index (χ4v) is 10.1. The fourth-order valence-electron chi connectivity index (χ4n) is 7.91. The highest BCUT2D eigenvalue weighted by Crippen LogP contribution is 2.32. The zero-order valence-corrected chi connectivity index (χ0v) is 61.0. The normalized spacial score (nSPS) is 11.0. The molecule has 0 saturated carbocycles. The van der Waals surface area contributed by atoms with Gasteiger partial charge in [0.05, 0.1) is 44.7 Å². The molecule has 0 aliphatic rings. The molecule has 448 valence electrons. The van der Waals surface area contributed by atoms with Crippen LogP contribution in [0.25, 0.3) is 0 Å². The maximum absolute atomic E-state index is 6.37. The van der Waals surface area contributed by atoms with E-state index in [4.69, 9.17) is 25.4 Å². The molecule has 0 aliphatic carbocycles. The predicted octanol–water partition coefficient (Wildman–Crippen LogP) is 23.6. The lowest BCUT2D eigenvalue weighted by Crippen LogP contribution is -2.16. The van der Waals surface area contributed by atoms with Crippen LogP contribution in [0.4, 0.5) is 0 Å². The maximum atomic E-state index is 6.37.